The molecular weight excluding hydrogens is 392 g/mol. The van der Waals surface area contributed by atoms with Crippen LogP contribution in [0.5, 0.6) is 11.5 Å². The fourth-order valence-electron chi connectivity index (χ4n) is 2.88. The minimum absolute atomic E-state index is 0.00103. The van der Waals surface area contributed by atoms with Crippen molar-refractivity contribution in [3.63, 3.8) is 0 Å². The van der Waals surface area contributed by atoms with Gasteiger partial charge in [-0.3, -0.25) is 15.0 Å². The lowest BCUT2D eigenvalue weighted by Crippen LogP contribution is -2.35. The summed E-state index contributed by atoms with van der Waals surface area (Å²) in [6.45, 7) is 7.79. The third-order valence-corrected chi connectivity index (χ3v) is 4.83. The summed E-state index contributed by atoms with van der Waals surface area (Å²) in [4.78, 5) is 25.3. The maximum Gasteiger partial charge on any atom is 0.282 e. The van der Waals surface area contributed by atoms with Gasteiger partial charge in [0, 0.05) is 0 Å². The second-order valence-electron chi connectivity index (χ2n) is 6.54. The van der Waals surface area contributed by atoms with E-state index in [0.29, 0.717) is 27.8 Å². The maximum absolute atomic E-state index is 12.8. The van der Waals surface area contributed by atoms with Gasteiger partial charge in [-0.05, 0) is 60.9 Å². The molecular formula is C22H21ClN2O4. The van der Waals surface area contributed by atoms with Crippen LogP contribution >= 0.6 is 11.6 Å². The third-order valence-electron chi connectivity index (χ3n) is 4.55. The van der Waals surface area contributed by atoms with Crippen molar-refractivity contribution >= 4 is 35.2 Å². The van der Waals surface area contributed by atoms with Crippen molar-refractivity contribution in [2.45, 2.75) is 13.8 Å². The topological polar surface area (TPSA) is 67.9 Å². The van der Waals surface area contributed by atoms with Crippen molar-refractivity contribution in [2.24, 2.45) is 0 Å². The summed E-state index contributed by atoms with van der Waals surface area (Å²) in [5, 5.41) is 1.54. The van der Waals surface area contributed by atoms with E-state index in [1.54, 1.807) is 24.3 Å². The first-order valence-electron chi connectivity index (χ1n) is 8.91. The first-order valence-corrected chi connectivity index (χ1v) is 9.29. The number of anilines is 1. The lowest BCUT2D eigenvalue weighted by atomic mass is 10.1. The molecule has 29 heavy (non-hydrogen) atoms. The molecule has 150 valence electrons. The van der Waals surface area contributed by atoms with Crippen LogP contribution in [0.4, 0.5) is 5.69 Å². The number of hydrazine groups is 1. The third kappa shape index (κ3) is 4.12. The average Bonchev–Trinajstić information content (AvgIpc) is 2.97. The average molecular weight is 413 g/mol. The summed E-state index contributed by atoms with van der Waals surface area (Å²) in [5.41, 5.74) is 5.85. The Balaban J connectivity index is 1.94. The van der Waals surface area contributed by atoms with Crippen LogP contribution in [0.1, 0.15) is 16.7 Å². The van der Waals surface area contributed by atoms with E-state index in [1.807, 2.05) is 26.0 Å². The first kappa shape index (κ1) is 20.5. The monoisotopic (exact) mass is 412 g/mol. The Labute approximate surface area is 174 Å². The fraction of sp³-hybridized carbons (Fsp3) is 0.182. The first-order chi connectivity index (χ1) is 13.8. The zero-order chi connectivity index (χ0) is 21.1. The zero-order valence-corrected chi connectivity index (χ0v) is 17.2. The molecule has 2 aromatic carbocycles. The van der Waals surface area contributed by atoms with Gasteiger partial charge in [-0.2, -0.15) is 0 Å². The van der Waals surface area contributed by atoms with Crippen LogP contribution < -0.4 is 19.9 Å². The SMILES string of the molecule is C=CCOc1c(Cl)cc(C=C2C(=O)NN(c3ccc(C)c(C)c3)C2=O)cc1OC. The predicted octanol–water partition coefficient (Wildman–Crippen LogP) is 3.99. The molecule has 2 amide bonds. The molecule has 0 aliphatic carbocycles. The number of nitrogens with one attached hydrogen (secondary N) is 1. The Kier molecular flexibility index (Phi) is 5.94. The molecule has 6 nitrogen and oxygen atoms in total. The Morgan fingerprint density at radius 1 is 1.17 bits per heavy atom. The highest BCUT2D eigenvalue weighted by molar-refractivity contribution is 6.33. The summed E-state index contributed by atoms with van der Waals surface area (Å²) >= 11 is 6.30. The molecule has 0 bridgehead atoms. The van der Waals surface area contributed by atoms with Crippen molar-refractivity contribution in [2.75, 3.05) is 18.7 Å². The number of ether oxygens (including phenoxy) is 2. The van der Waals surface area contributed by atoms with E-state index in [4.69, 9.17) is 21.1 Å². The number of hydrogen-bond acceptors (Lipinski definition) is 4. The van der Waals surface area contributed by atoms with E-state index in [0.717, 1.165) is 11.1 Å². The van der Waals surface area contributed by atoms with Gasteiger partial charge in [0.05, 0.1) is 17.8 Å². The molecule has 0 unspecified atom stereocenters. The maximum atomic E-state index is 12.8. The minimum Gasteiger partial charge on any atom is -0.493 e. The number of rotatable bonds is 6. The molecule has 0 spiro atoms. The normalized spacial score (nSPS) is 14.9. The van der Waals surface area contributed by atoms with Gasteiger partial charge in [0.2, 0.25) is 0 Å². The van der Waals surface area contributed by atoms with Gasteiger partial charge in [0.1, 0.15) is 12.2 Å². The molecule has 1 heterocycles. The summed E-state index contributed by atoms with van der Waals surface area (Å²) in [6.07, 6.45) is 3.07. The zero-order valence-electron chi connectivity index (χ0n) is 16.4. The Morgan fingerprint density at radius 2 is 1.93 bits per heavy atom. The van der Waals surface area contributed by atoms with Gasteiger partial charge < -0.3 is 9.47 Å². The van der Waals surface area contributed by atoms with Crippen molar-refractivity contribution in [3.05, 3.63) is 70.3 Å². The number of benzene rings is 2. The molecule has 2 aromatic rings. The predicted molar refractivity (Wildman–Crippen MR) is 113 cm³/mol. The van der Waals surface area contributed by atoms with E-state index in [1.165, 1.54) is 18.2 Å². The molecule has 1 fully saturated rings. The lowest BCUT2D eigenvalue weighted by molar-refractivity contribution is -0.117. The second-order valence-corrected chi connectivity index (χ2v) is 6.95. The quantitative estimate of drug-likeness (QED) is 0.442. The molecule has 0 radical (unpaired) electrons. The summed E-state index contributed by atoms with van der Waals surface area (Å²) in [5.74, 6) is -0.172. The van der Waals surface area contributed by atoms with Crippen molar-refractivity contribution < 1.29 is 19.1 Å². The number of methoxy groups -OCH3 is 1. The minimum atomic E-state index is -0.490. The highest BCUT2D eigenvalue weighted by Gasteiger charge is 2.34. The van der Waals surface area contributed by atoms with Gasteiger partial charge in [0.15, 0.2) is 11.5 Å². The van der Waals surface area contributed by atoms with Crippen LogP contribution in [-0.4, -0.2) is 25.5 Å². The van der Waals surface area contributed by atoms with Crippen LogP contribution in [0.2, 0.25) is 5.02 Å². The number of aryl methyl sites for hydroxylation is 2. The van der Waals surface area contributed by atoms with Gasteiger partial charge >= 0.3 is 0 Å². The van der Waals surface area contributed by atoms with Crippen LogP contribution in [0, 0.1) is 13.8 Å². The number of nitrogens with zero attached hydrogens (tertiary/aromatic N) is 1. The standard InChI is InChI=1S/C22H21ClN2O4/c1-5-8-29-20-18(23)11-15(12-19(20)28-4)10-17-21(26)24-25(22(17)27)16-7-6-13(2)14(3)9-16/h5-7,9-12H,1,8H2,2-4H3,(H,24,26). The molecule has 1 saturated heterocycles. The molecule has 7 heteroatoms. The summed E-state index contributed by atoms with van der Waals surface area (Å²) in [6, 6.07) is 8.79. The van der Waals surface area contributed by atoms with Crippen LogP contribution in [0.3, 0.4) is 0 Å². The summed E-state index contributed by atoms with van der Waals surface area (Å²) in [7, 11) is 1.48. The van der Waals surface area contributed by atoms with E-state index >= 15 is 0 Å². The van der Waals surface area contributed by atoms with Crippen molar-refractivity contribution in [1.82, 2.24) is 5.43 Å². The number of halogens is 1. The largest absolute Gasteiger partial charge is 0.493 e. The van der Waals surface area contributed by atoms with Crippen LogP contribution in [0.25, 0.3) is 6.08 Å². The molecule has 1 N–H and O–H groups in total. The number of amides is 2. The summed E-state index contributed by atoms with van der Waals surface area (Å²) < 4.78 is 10.8. The van der Waals surface area contributed by atoms with E-state index in [-0.39, 0.29) is 12.2 Å². The molecule has 1 aliphatic heterocycles. The fourth-order valence-corrected chi connectivity index (χ4v) is 3.15. The van der Waals surface area contributed by atoms with Gasteiger partial charge in [-0.15, -0.1) is 0 Å². The number of carbonyl (C=O) groups excluding carboxylic acids is 2. The van der Waals surface area contributed by atoms with E-state index in [9.17, 15) is 9.59 Å². The lowest BCUT2D eigenvalue weighted by Gasteiger charge is -2.16. The van der Waals surface area contributed by atoms with Crippen molar-refractivity contribution in [1.29, 1.82) is 0 Å². The van der Waals surface area contributed by atoms with Crippen LogP contribution in [0.15, 0.2) is 48.6 Å². The highest BCUT2D eigenvalue weighted by atomic mass is 35.5. The Morgan fingerprint density at radius 3 is 2.59 bits per heavy atom. The smallest absolute Gasteiger partial charge is 0.282 e. The number of carbonyl (C=O) groups is 2. The van der Waals surface area contributed by atoms with Crippen molar-refractivity contribution in [3.8, 4) is 11.5 Å². The molecule has 0 aromatic heterocycles. The van der Waals surface area contributed by atoms with Gasteiger partial charge in [0.25, 0.3) is 11.8 Å². The molecule has 1 aliphatic rings. The molecule has 3 rings (SSSR count). The van der Waals surface area contributed by atoms with Crippen LogP contribution in [-0.2, 0) is 9.59 Å². The Bertz CT molecular complexity index is 1030. The highest BCUT2D eigenvalue weighted by Crippen LogP contribution is 2.37. The van der Waals surface area contributed by atoms with Gasteiger partial charge in [-0.25, -0.2) is 5.01 Å². The second kappa shape index (κ2) is 8.41. The van der Waals surface area contributed by atoms with Gasteiger partial charge in [-0.1, -0.05) is 30.3 Å². The van der Waals surface area contributed by atoms with E-state index < -0.39 is 11.8 Å². The molecule has 0 atom stereocenters. The Hall–Kier alpha value is -3.25. The molecule has 0 saturated carbocycles. The number of hydrogen-bond donors (Lipinski definition) is 1. The van der Waals surface area contributed by atoms with E-state index in [2.05, 4.69) is 12.0 Å².